The van der Waals surface area contributed by atoms with Crippen LogP contribution < -0.4 is 5.73 Å². The van der Waals surface area contributed by atoms with Crippen molar-refractivity contribution in [1.29, 1.82) is 0 Å². The Balaban J connectivity index is 2.07. The van der Waals surface area contributed by atoms with Gasteiger partial charge in [0, 0.05) is 19.7 Å². The van der Waals surface area contributed by atoms with Crippen LogP contribution in [0.25, 0.3) is 0 Å². The highest BCUT2D eigenvalue weighted by molar-refractivity contribution is 5.10. The Bertz CT molecular complexity index is 351. The lowest BCUT2D eigenvalue weighted by Crippen LogP contribution is -2.41. The van der Waals surface area contributed by atoms with Crippen LogP contribution in [0.3, 0.4) is 0 Å². The van der Waals surface area contributed by atoms with Gasteiger partial charge in [-0.3, -0.25) is 4.90 Å². The van der Waals surface area contributed by atoms with Gasteiger partial charge < -0.3 is 15.3 Å². The summed E-state index contributed by atoms with van der Waals surface area (Å²) in [5.41, 5.74) is 5.87. The van der Waals surface area contributed by atoms with E-state index in [1.165, 1.54) is 0 Å². The molecule has 0 aliphatic carbocycles. The third-order valence-electron chi connectivity index (χ3n) is 3.56. The predicted octanol–water partition coefficient (Wildman–Crippen LogP) is 1.29. The topological polar surface area (TPSA) is 62.6 Å². The van der Waals surface area contributed by atoms with Crippen molar-refractivity contribution in [3.8, 4) is 0 Å². The number of rotatable bonds is 4. The van der Waals surface area contributed by atoms with Crippen LogP contribution in [-0.2, 0) is 0 Å². The second kappa shape index (κ2) is 5.67. The normalized spacial score (nSPS) is 23.8. The summed E-state index contributed by atoms with van der Waals surface area (Å²) in [5, 5.41) is 9.26. The van der Waals surface area contributed by atoms with Crippen molar-refractivity contribution >= 4 is 0 Å². The van der Waals surface area contributed by atoms with E-state index < -0.39 is 0 Å². The number of aliphatic hydroxyl groups is 1. The number of likely N-dealkylation sites (tertiary alicyclic amines) is 1. The average molecular weight is 238 g/mol. The number of furan rings is 1. The summed E-state index contributed by atoms with van der Waals surface area (Å²) in [6.07, 6.45) is 2.24. The third kappa shape index (κ3) is 2.89. The van der Waals surface area contributed by atoms with Gasteiger partial charge >= 0.3 is 0 Å². The molecule has 0 bridgehead atoms. The molecule has 0 aromatic carbocycles. The van der Waals surface area contributed by atoms with Gasteiger partial charge in [-0.1, -0.05) is 0 Å². The fourth-order valence-electron chi connectivity index (χ4n) is 2.61. The first-order valence-corrected chi connectivity index (χ1v) is 6.36. The van der Waals surface area contributed by atoms with E-state index in [1.54, 1.807) is 0 Å². The van der Waals surface area contributed by atoms with Crippen molar-refractivity contribution < 1.29 is 9.52 Å². The van der Waals surface area contributed by atoms with Crippen LogP contribution in [0.4, 0.5) is 0 Å². The SMILES string of the molecule is Cc1ccc(C(CN)N2CCCC(CO)C2)o1. The summed E-state index contributed by atoms with van der Waals surface area (Å²) in [6.45, 7) is 4.73. The first-order chi connectivity index (χ1) is 8.24. The number of hydrogen-bond donors (Lipinski definition) is 2. The molecule has 4 heteroatoms. The first-order valence-electron chi connectivity index (χ1n) is 6.36. The van der Waals surface area contributed by atoms with E-state index in [-0.39, 0.29) is 12.6 Å². The molecule has 3 N–H and O–H groups in total. The Morgan fingerprint density at radius 1 is 1.59 bits per heavy atom. The van der Waals surface area contributed by atoms with Gasteiger partial charge in [0.2, 0.25) is 0 Å². The second-order valence-electron chi connectivity index (χ2n) is 4.89. The molecule has 4 nitrogen and oxygen atoms in total. The Hall–Kier alpha value is -0.840. The molecule has 1 aromatic rings. The fraction of sp³-hybridized carbons (Fsp3) is 0.692. The minimum atomic E-state index is 0.151. The maximum absolute atomic E-state index is 9.26. The van der Waals surface area contributed by atoms with Crippen molar-refractivity contribution in [2.24, 2.45) is 11.7 Å². The van der Waals surface area contributed by atoms with E-state index in [0.717, 1.165) is 37.5 Å². The van der Waals surface area contributed by atoms with Crippen LogP contribution in [0, 0.1) is 12.8 Å². The highest BCUT2D eigenvalue weighted by atomic mass is 16.3. The fourth-order valence-corrected chi connectivity index (χ4v) is 2.61. The lowest BCUT2D eigenvalue weighted by molar-refractivity contribution is 0.0816. The monoisotopic (exact) mass is 238 g/mol. The van der Waals surface area contributed by atoms with E-state index in [4.69, 9.17) is 10.2 Å². The van der Waals surface area contributed by atoms with Crippen LogP contribution in [0.2, 0.25) is 0 Å². The summed E-state index contributed by atoms with van der Waals surface area (Å²) in [7, 11) is 0. The molecule has 0 radical (unpaired) electrons. The summed E-state index contributed by atoms with van der Waals surface area (Å²) in [4.78, 5) is 2.34. The maximum Gasteiger partial charge on any atom is 0.122 e. The molecular formula is C13H22N2O2. The van der Waals surface area contributed by atoms with Crippen LogP contribution in [0.15, 0.2) is 16.5 Å². The van der Waals surface area contributed by atoms with Gasteiger partial charge in [-0.2, -0.15) is 0 Å². The zero-order chi connectivity index (χ0) is 12.3. The molecule has 0 amide bonds. The number of nitrogens with zero attached hydrogens (tertiary/aromatic N) is 1. The highest BCUT2D eigenvalue weighted by Crippen LogP contribution is 2.27. The van der Waals surface area contributed by atoms with Gasteiger partial charge in [-0.25, -0.2) is 0 Å². The van der Waals surface area contributed by atoms with Gasteiger partial charge in [-0.05, 0) is 44.4 Å². The number of aryl methyl sites for hydroxylation is 1. The van der Waals surface area contributed by atoms with Crippen LogP contribution >= 0.6 is 0 Å². The molecule has 2 atom stereocenters. The molecule has 2 heterocycles. The Morgan fingerprint density at radius 2 is 2.41 bits per heavy atom. The van der Waals surface area contributed by atoms with Crippen molar-refractivity contribution in [2.45, 2.75) is 25.8 Å². The van der Waals surface area contributed by atoms with E-state index >= 15 is 0 Å². The molecule has 17 heavy (non-hydrogen) atoms. The molecule has 0 saturated carbocycles. The average Bonchev–Trinajstić information content (AvgIpc) is 2.77. The Morgan fingerprint density at radius 3 is 3.00 bits per heavy atom. The minimum absolute atomic E-state index is 0.151. The van der Waals surface area contributed by atoms with E-state index in [1.807, 2.05) is 19.1 Å². The minimum Gasteiger partial charge on any atom is -0.465 e. The molecular weight excluding hydrogens is 216 g/mol. The largest absolute Gasteiger partial charge is 0.465 e. The number of piperidine rings is 1. The molecule has 2 unspecified atom stereocenters. The van der Waals surface area contributed by atoms with Gasteiger partial charge in [-0.15, -0.1) is 0 Å². The van der Waals surface area contributed by atoms with Gasteiger partial charge in [0.25, 0.3) is 0 Å². The number of nitrogens with two attached hydrogens (primary N) is 1. The molecule has 1 aromatic heterocycles. The van der Waals surface area contributed by atoms with Gasteiger partial charge in [0.1, 0.15) is 11.5 Å². The third-order valence-corrected chi connectivity index (χ3v) is 3.56. The van der Waals surface area contributed by atoms with Crippen molar-refractivity contribution in [3.63, 3.8) is 0 Å². The quantitative estimate of drug-likeness (QED) is 0.829. The summed E-state index contributed by atoms with van der Waals surface area (Å²) in [5.74, 6) is 2.26. The zero-order valence-corrected chi connectivity index (χ0v) is 10.4. The maximum atomic E-state index is 9.26. The van der Waals surface area contributed by atoms with E-state index in [9.17, 15) is 5.11 Å². The zero-order valence-electron chi connectivity index (χ0n) is 10.4. The molecule has 96 valence electrons. The van der Waals surface area contributed by atoms with Crippen molar-refractivity contribution in [3.05, 3.63) is 23.7 Å². The predicted molar refractivity (Wildman–Crippen MR) is 66.6 cm³/mol. The lowest BCUT2D eigenvalue weighted by Gasteiger charge is -2.36. The van der Waals surface area contributed by atoms with Gasteiger partial charge in [0.15, 0.2) is 0 Å². The number of hydrogen-bond acceptors (Lipinski definition) is 4. The molecule has 2 rings (SSSR count). The molecule has 1 aliphatic rings. The second-order valence-corrected chi connectivity index (χ2v) is 4.89. The van der Waals surface area contributed by atoms with E-state index in [2.05, 4.69) is 4.90 Å². The summed E-state index contributed by atoms with van der Waals surface area (Å²) < 4.78 is 5.67. The van der Waals surface area contributed by atoms with Crippen LogP contribution in [0.1, 0.15) is 30.4 Å². The molecule has 1 aliphatic heterocycles. The summed E-state index contributed by atoms with van der Waals surface area (Å²) in [6, 6.07) is 4.14. The van der Waals surface area contributed by atoms with Crippen molar-refractivity contribution in [1.82, 2.24) is 4.90 Å². The van der Waals surface area contributed by atoms with Crippen LogP contribution in [-0.4, -0.2) is 36.2 Å². The lowest BCUT2D eigenvalue weighted by atomic mass is 9.97. The smallest absolute Gasteiger partial charge is 0.122 e. The number of aliphatic hydroxyl groups excluding tert-OH is 1. The van der Waals surface area contributed by atoms with Crippen molar-refractivity contribution in [2.75, 3.05) is 26.2 Å². The first kappa shape index (κ1) is 12.6. The molecule has 1 saturated heterocycles. The van der Waals surface area contributed by atoms with Crippen LogP contribution in [0.5, 0.6) is 0 Å². The van der Waals surface area contributed by atoms with Gasteiger partial charge in [0.05, 0.1) is 6.04 Å². The molecule has 0 spiro atoms. The summed E-state index contributed by atoms with van der Waals surface area (Å²) >= 11 is 0. The molecule has 1 fully saturated rings. The van der Waals surface area contributed by atoms with E-state index in [0.29, 0.717) is 12.5 Å². The highest BCUT2D eigenvalue weighted by Gasteiger charge is 2.27. The Labute approximate surface area is 102 Å². The standard InChI is InChI=1S/C13H22N2O2/c1-10-4-5-13(17-10)12(7-14)15-6-2-3-11(8-15)9-16/h4-5,11-12,16H,2-3,6-9,14H2,1H3. The Kier molecular flexibility index (Phi) is 4.20.